The number of aliphatic carboxylic acids is 1. The summed E-state index contributed by atoms with van der Waals surface area (Å²) in [5.74, 6) is 0.543. The average molecular weight is 531 g/mol. The van der Waals surface area contributed by atoms with E-state index >= 15 is 0 Å². The molecule has 1 aromatic carbocycles. The zero-order chi connectivity index (χ0) is 27.5. The Balaban J connectivity index is 1.27. The van der Waals surface area contributed by atoms with Crippen molar-refractivity contribution in [3.05, 3.63) is 52.3 Å². The van der Waals surface area contributed by atoms with Gasteiger partial charge in [0.25, 0.3) is 0 Å². The highest BCUT2D eigenvalue weighted by Gasteiger charge is 2.44. The van der Waals surface area contributed by atoms with Crippen LogP contribution in [0.25, 0.3) is 0 Å². The van der Waals surface area contributed by atoms with Crippen LogP contribution in [0.5, 0.6) is 5.75 Å². The quantitative estimate of drug-likeness (QED) is 0.440. The lowest BCUT2D eigenvalue weighted by Gasteiger charge is -2.30. The normalized spacial score (nSPS) is 22.3. The van der Waals surface area contributed by atoms with Gasteiger partial charge in [0.05, 0.1) is 24.8 Å². The number of aromatic nitrogens is 1. The summed E-state index contributed by atoms with van der Waals surface area (Å²) in [5.41, 5.74) is 5.00. The zero-order valence-electron chi connectivity index (χ0n) is 23.1. The maximum Gasteiger partial charge on any atom is 0.306 e. The second-order valence-corrected chi connectivity index (χ2v) is 12.7. The fourth-order valence-corrected chi connectivity index (χ4v) is 5.88. The molecule has 8 nitrogen and oxygen atoms in total. The fraction of sp³-hybridized carbons (Fsp3) is 0.548. The SMILES string of the molecule is CC(C)(C)c1cc(C(=O)CN2Cc3ccc(C4CC4)nc3C2=N)cc(N2CCCC2)c1OCC1CC1C(=O)O. The Kier molecular flexibility index (Phi) is 6.39. The van der Waals surface area contributed by atoms with Gasteiger partial charge in [-0.25, -0.2) is 4.98 Å². The van der Waals surface area contributed by atoms with Crippen LogP contribution in [0.1, 0.15) is 91.7 Å². The molecule has 2 saturated carbocycles. The number of pyridine rings is 1. The molecule has 2 aromatic rings. The van der Waals surface area contributed by atoms with E-state index in [0.717, 1.165) is 67.0 Å². The Morgan fingerprint density at radius 3 is 2.54 bits per heavy atom. The summed E-state index contributed by atoms with van der Waals surface area (Å²) in [5, 5.41) is 18.1. The van der Waals surface area contributed by atoms with Crippen molar-refractivity contribution in [2.24, 2.45) is 11.8 Å². The van der Waals surface area contributed by atoms with E-state index in [1.54, 1.807) is 0 Å². The molecule has 206 valence electrons. The third-order valence-corrected chi connectivity index (χ3v) is 8.56. The summed E-state index contributed by atoms with van der Waals surface area (Å²) in [7, 11) is 0. The van der Waals surface area contributed by atoms with Crippen LogP contribution in [-0.2, 0) is 16.8 Å². The highest BCUT2D eigenvalue weighted by atomic mass is 16.5. The third-order valence-electron chi connectivity index (χ3n) is 8.56. The van der Waals surface area contributed by atoms with Gasteiger partial charge in [-0.15, -0.1) is 0 Å². The van der Waals surface area contributed by atoms with E-state index in [9.17, 15) is 14.7 Å². The monoisotopic (exact) mass is 530 g/mol. The van der Waals surface area contributed by atoms with Gasteiger partial charge in [0, 0.05) is 53.9 Å². The van der Waals surface area contributed by atoms with E-state index in [1.807, 2.05) is 17.0 Å². The lowest BCUT2D eigenvalue weighted by Crippen LogP contribution is -2.31. The van der Waals surface area contributed by atoms with Crippen molar-refractivity contribution in [1.82, 2.24) is 9.88 Å². The Morgan fingerprint density at radius 1 is 1.15 bits per heavy atom. The van der Waals surface area contributed by atoms with Gasteiger partial charge in [-0.05, 0) is 55.7 Å². The first-order chi connectivity index (χ1) is 18.6. The Bertz CT molecular complexity index is 1340. The first-order valence-electron chi connectivity index (χ1n) is 14.3. The number of carbonyl (C=O) groups is 2. The number of nitrogens with one attached hydrogen (secondary N) is 1. The topological polar surface area (TPSA) is 107 Å². The first kappa shape index (κ1) is 25.8. The first-order valence-corrected chi connectivity index (χ1v) is 14.3. The predicted molar refractivity (Wildman–Crippen MR) is 149 cm³/mol. The summed E-state index contributed by atoms with van der Waals surface area (Å²) in [4.78, 5) is 34.0. The van der Waals surface area contributed by atoms with E-state index in [1.165, 1.54) is 0 Å². The van der Waals surface area contributed by atoms with Gasteiger partial charge in [-0.1, -0.05) is 26.8 Å². The minimum absolute atomic E-state index is 0.0272. The largest absolute Gasteiger partial charge is 0.491 e. The maximum atomic E-state index is 13.8. The molecule has 0 bridgehead atoms. The Morgan fingerprint density at radius 2 is 1.90 bits per heavy atom. The highest BCUT2D eigenvalue weighted by molar-refractivity contribution is 6.05. The molecule has 2 aliphatic carbocycles. The zero-order valence-corrected chi connectivity index (χ0v) is 23.1. The van der Waals surface area contributed by atoms with Gasteiger partial charge in [-0.3, -0.25) is 15.0 Å². The van der Waals surface area contributed by atoms with Gasteiger partial charge < -0.3 is 19.6 Å². The molecule has 2 aliphatic heterocycles. The molecule has 1 aromatic heterocycles. The van der Waals surface area contributed by atoms with Crippen molar-refractivity contribution in [2.45, 2.75) is 70.8 Å². The smallest absolute Gasteiger partial charge is 0.306 e. The summed E-state index contributed by atoms with van der Waals surface area (Å²) in [6, 6.07) is 8.05. The van der Waals surface area contributed by atoms with Crippen LogP contribution in [0.3, 0.4) is 0 Å². The van der Waals surface area contributed by atoms with Crippen LogP contribution in [0, 0.1) is 17.2 Å². The third kappa shape index (κ3) is 5.13. The number of fused-ring (bicyclic) bond motifs is 1. The van der Waals surface area contributed by atoms with Gasteiger partial charge in [0.1, 0.15) is 17.3 Å². The predicted octanol–water partition coefficient (Wildman–Crippen LogP) is 4.98. The number of carboxylic acids is 1. The fourth-order valence-electron chi connectivity index (χ4n) is 5.88. The highest BCUT2D eigenvalue weighted by Crippen LogP contribution is 2.45. The second kappa shape index (κ2) is 9.65. The number of nitrogens with zero attached hydrogens (tertiary/aromatic N) is 3. The molecule has 2 unspecified atom stereocenters. The van der Waals surface area contributed by atoms with E-state index in [4.69, 9.17) is 15.1 Å². The van der Waals surface area contributed by atoms with E-state index in [2.05, 4.69) is 37.8 Å². The number of anilines is 1. The summed E-state index contributed by atoms with van der Waals surface area (Å²) in [6.45, 7) is 9.17. The summed E-state index contributed by atoms with van der Waals surface area (Å²) >= 11 is 0. The molecule has 4 aliphatic rings. The van der Waals surface area contributed by atoms with Crippen molar-refractivity contribution in [3.63, 3.8) is 0 Å². The number of amidine groups is 1. The minimum atomic E-state index is -0.756. The second-order valence-electron chi connectivity index (χ2n) is 12.7. The molecule has 3 heterocycles. The summed E-state index contributed by atoms with van der Waals surface area (Å²) < 4.78 is 6.41. The maximum absolute atomic E-state index is 13.8. The molecule has 0 radical (unpaired) electrons. The number of carboxylic acid groups (broad SMARTS) is 1. The number of Topliss-reactive ketones (excluding diaryl/α,β-unsaturated/α-hetero) is 1. The molecule has 2 N–H and O–H groups in total. The van der Waals surface area contributed by atoms with Crippen LogP contribution in [-0.4, -0.2) is 58.8 Å². The molecular weight excluding hydrogens is 492 g/mol. The van der Waals surface area contributed by atoms with Crippen LogP contribution >= 0.6 is 0 Å². The van der Waals surface area contributed by atoms with Gasteiger partial charge >= 0.3 is 5.97 Å². The van der Waals surface area contributed by atoms with Gasteiger partial charge in [-0.2, -0.15) is 0 Å². The number of hydrogen-bond donors (Lipinski definition) is 2. The van der Waals surface area contributed by atoms with Crippen LogP contribution < -0.4 is 9.64 Å². The number of benzene rings is 1. The average Bonchev–Trinajstić information content (AvgIpc) is 3.81. The number of carbonyl (C=O) groups excluding carboxylic acids is 1. The van der Waals surface area contributed by atoms with E-state index in [0.29, 0.717) is 42.6 Å². The lowest BCUT2D eigenvalue weighted by atomic mass is 9.84. The number of rotatable bonds is 9. The van der Waals surface area contributed by atoms with Crippen LogP contribution in [0.4, 0.5) is 5.69 Å². The summed E-state index contributed by atoms with van der Waals surface area (Å²) in [6.07, 6.45) is 5.15. The lowest BCUT2D eigenvalue weighted by molar-refractivity contribution is -0.138. The van der Waals surface area contributed by atoms with Crippen molar-refractivity contribution in [1.29, 1.82) is 5.41 Å². The van der Waals surface area contributed by atoms with Crippen LogP contribution in [0.2, 0.25) is 0 Å². The number of hydrogen-bond acceptors (Lipinski definition) is 6. The van der Waals surface area contributed by atoms with Crippen molar-refractivity contribution in [2.75, 3.05) is 31.1 Å². The number of ketones is 1. The molecule has 8 heteroatoms. The van der Waals surface area contributed by atoms with Crippen molar-refractivity contribution >= 4 is 23.3 Å². The van der Waals surface area contributed by atoms with Crippen molar-refractivity contribution in [3.8, 4) is 5.75 Å². The molecular formula is C31H38N4O4. The standard InChI is InChI=1S/C31H38N4O4/c1-31(2,3)23-13-20(14-25(34-10-4-5-11-34)28(23)39-17-21-12-22(21)30(37)38)26(36)16-35-15-19-8-9-24(18-6-7-18)33-27(19)29(35)32/h8-9,13-14,18,21-22,32H,4-7,10-12,15-17H2,1-3H3,(H,37,38). The van der Waals surface area contributed by atoms with Gasteiger partial charge in [0.15, 0.2) is 5.78 Å². The van der Waals surface area contributed by atoms with Crippen molar-refractivity contribution < 1.29 is 19.4 Å². The molecule has 39 heavy (non-hydrogen) atoms. The number of ether oxygens (including phenoxy) is 1. The molecule has 0 spiro atoms. The molecule has 2 atom stereocenters. The Labute approximate surface area is 229 Å². The van der Waals surface area contributed by atoms with Gasteiger partial charge in [0.2, 0.25) is 0 Å². The van der Waals surface area contributed by atoms with E-state index < -0.39 is 5.97 Å². The molecule has 1 saturated heterocycles. The Hall–Kier alpha value is -3.42. The molecule has 0 amide bonds. The molecule has 6 rings (SSSR count). The molecule has 3 fully saturated rings. The van der Waals surface area contributed by atoms with Crippen LogP contribution in [0.15, 0.2) is 24.3 Å². The van der Waals surface area contributed by atoms with E-state index in [-0.39, 0.29) is 29.6 Å². The minimum Gasteiger partial charge on any atom is -0.491 e.